The molecular weight excluding hydrogens is 184 g/mol. The Bertz CT molecular complexity index is 153. The van der Waals surface area contributed by atoms with Gasteiger partial charge in [-0.1, -0.05) is 19.8 Å². The van der Waals surface area contributed by atoms with Gasteiger partial charge >= 0.3 is 6.09 Å². The summed E-state index contributed by atoms with van der Waals surface area (Å²) in [4.78, 5) is 10.1. The van der Waals surface area contributed by atoms with Crippen LogP contribution in [0, 0.1) is 0 Å². The van der Waals surface area contributed by atoms with Crippen LogP contribution in [-0.4, -0.2) is 35.6 Å². The minimum atomic E-state index is -1.05. The topological polar surface area (TPSA) is 81.6 Å². The van der Waals surface area contributed by atoms with Crippen molar-refractivity contribution in [3.05, 3.63) is 0 Å². The minimum Gasteiger partial charge on any atom is -0.465 e. The molecule has 0 bridgehead atoms. The lowest BCUT2D eigenvalue weighted by atomic mass is 10.2. The number of aliphatic hydroxyl groups is 1. The molecule has 1 amide bonds. The van der Waals surface area contributed by atoms with Crippen molar-refractivity contribution in [2.24, 2.45) is 0 Å². The Balaban J connectivity index is 3.19. The highest BCUT2D eigenvalue weighted by Gasteiger charge is 2.02. The Hall–Kier alpha value is -0.810. The molecular formula is C9H20N2O3. The van der Waals surface area contributed by atoms with Gasteiger partial charge in [0.1, 0.15) is 6.23 Å². The number of hydrogen-bond acceptors (Lipinski definition) is 3. The van der Waals surface area contributed by atoms with Crippen molar-refractivity contribution in [2.75, 3.05) is 13.1 Å². The van der Waals surface area contributed by atoms with Crippen LogP contribution in [0.1, 0.15) is 32.6 Å². The van der Waals surface area contributed by atoms with Crippen molar-refractivity contribution in [3.8, 4) is 0 Å². The van der Waals surface area contributed by atoms with Crippen molar-refractivity contribution in [2.45, 2.75) is 38.8 Å². The molecule has 4 N–H and O–H groups in total. The molecule has 84 valence electrons. The first-order chi connectivity index (χ1) is 6.66. The maximum absolute atomic E-state index is 10.1. The van der Waals surface area contributed by atoms with E-state index in [-0.39, 0.29) is 6.54 Å². The number of rotatable bonds is 8. The lowest BCUT2D eigenvalue weighted by Crippen LogP contribution is -2.34. The molecule has 0 saturated heterocycles. The number of nitrogens with one attached hydrogen (secondary N) is 2. The molecule has 5 heteroatoms. The van der Waals surface area contributed by atoms with E-state index in [1.165, 1.54) is 0 Å². The van der Waals surface area contributed by atoms with Crippen molar-refractivity contribution in [1.29, 1.82) is 0 Å². The number of hydrogen-bond donors (Lipinski definition) is 4. The first-order valence-corrected chi connectivity index (χ1v) is 5.05. The molecule has 0 fully saturated rings. The highest BCUT2D eigenvalue weighted by molar-refractivity contribution is 5.64. The smallest absolute Gasteiger partial charge is 0.404 e. The Kier molecular flexibility index (Phi) is 8.27. The van der Waals surface area contributed by atoms with Gasteiger partial charge in [-0.05, 0) is 13.0 Å². The van der Waals surface area contributed by atoms with Crippen molar-refractivity contribution >= 4 is 6.09 Å². The fraction of sp³-hybridized carbons (Fsp3) is 0.889. The SMILES string of the molecule is CCCCCNC(O)CCNC(=O)O. The number of amides is 1. The molecule has 0 spiro atoms. The van der Waals surface area contributed by atoms with E-state index in [0.717, 1.165) is 25.8 Å². The first kappa shape index (κ1) is 13.2. The van der Waals surface area contributed by atoms with E-state index in [2.05, 4.69) is 17.6 Å². The summed E-state index contributed by atoms with van der Waals surface area (Å²) in [5, 5.41) is 22.7. The zero-order valence-corrected chi connectivity index (χ0v) is 8.62. The monoisotopic (exact) mass is 204 g/mol. The normalized spacial score (nSPS) is 12.4. The standard InChI is InChI=1S/C9H20N2O3/c1-2-3-4-6-10-8(12)5-7-11-9(13)14/h8,10-12H,2-7H2,1H3,(H,13,14). The van der Waals surface area contributed by atoms with Gasteiger partial charge in [-0.25, -0.2) is 4.79 Å². The quantitative estimate of drug-likeness (QED) is 0.347. The zero-order chi connectivity index (χ0) is 10.8. The Morgan fingerprint density at radius 2 is 2.07 bits per heavy atom. The fourth-order valence-corrected chi connectivity index (χ4v) is 1.06. The number of carbonyl (C=O) groups is 1. The average molecular weight is 204 g/mol. The van der Waals surface area contributed by atoms with Gasteiger partial charge in [-0.15, -0.1) is 0 Å². The van der Waals surface area contributed by atoms with Crippen LogP contribution in [0.2, 0.25) is 0 Å². The van der Waals surface area contributed by atoms with Crippen LogP contribution in [-0.2, 0) is 0 Å². The van der Waals surface area contributed by atoms with Gasteiger partial charge in [0.15, 0.2) is 0 Å². The van der Waals surface area contributed by atoms with E-state index < -0.39 is 12.3 Å². The van der Waals surface area contributed by atoms with Crippen molar-refractivity contribution in [1.82, 2.24) is 10.6 Å². The minimum absolute atomic E-state index is 0.275. The van der Waals surface area contributed by atoms with E-state index in [9.17, 15) is 9.90 Å². The van der Waals surface area contributed by atoms with Gasteiger partial charge < -0.3 is 15.5 Å². The van der Waals surface area contributed by atoms with Crippen LogP contribution >= 0.6 is 0 Å². The molecule has 0 aromatic rings. The molecule has 0 aliphatic carbocycles. The van der Waals surface area contributed by atoms with Gasteiger partial charge in [0.05, 0.1) is 0 Å². The van der Waals surface area contributed by atoms with Crippen LogP contribution in [0.4, 0.5) is 4.79 Å². The summed E-state index contributed by atoms with van der Waals surface area (Å²) < 4.78 is 0. The summed E-state index contributed by atoms with van der Waals surface area (Å²) in [5.41, 5.74) is 0. The number of aliphatic hydroxyl groups excluding tert-OH is 1. The predicted molar refractivity (Wildman–Crippen MR) is 54.2 cm³/mol. The Morgan fingerprint density at radius 3 is 2.64 bits per heavy atom. The summed E-state index contributed by atoms with van der Waals surface area (Å²) >= 11 is 0. The molecule has 1 unspecified atom stereocenters. The third-order valence-electron chi connectivity index (χ3n) is 1.85. The van der Waals surface area contributed by atoms with E-state index in [1.54, 1.807) is 0 Å². The molecule has 0 saturated carbocycles. The summed E-state index contributed by atoms with van der Waals surface area (Å²) in [6.45, 7) is 3.17. The van der Waals surface area contributed by atoms with Crippen molar-refractivity contribution in [3.63, 3.8) is 0 Å². The van der Waals surface area contributed by atoms with Crippen molar-refractivity contribution < 1.29 is 15.0 Å². The lowest BCUT2D eigenvalue weighted by Gasteiger charge is -2.12. The van der Waals surface area contributed by atoms with E-state index in [0.29, 0.717) is 6.42 Å². The number of carboxylic acid groups (broad SMARTS) is 1. The molecule has 0 aromatic heterocycles. The van der Waals surface area contributed by atoms with Crippen LogP contribution in [0.3, 0.4) is 0 Å². The van der Waals surface area contributed by atoms with Gasteiger partial charge in [0.25, 0.3) is 0 Å². The molecule has 1 atom stereocenters. The second kappa shape index (κ2) is 8.77. The zero-order valence-electron chi connectivity index (χ0n) is 8.62. The molecule has 0 rings (SSSR count). The third kappa shape index (κ3) is 9.28. The average Bonchev–Trinajstić information content (AvgIpc) is 2.12. The van der Waals surface area contributed by atoms with Gasteiger partial charge in [0, 0.05) is 13.0 Å². The van der Waals surface area contributed by atoms with Crippen LogP contribution in [0.25, 0.3) is 0 Å². The maximum atomic E-state index is 10.1. The maximum Gasteiger partial charge on any atom is 0.404 e. The van der Waals surface area contributed by atoms with Gasteiger partial charge in [0.2, 0.25) is 0 Å². The predicted octanol–water partition coefficient (Wildman–Crippen LogP) is 0.742. The van der Waals surface area contributed by atoms with E-state index in [1.807, 2.05) is 0 Å². The number of unbranched alkanes of at least 4 members (excludes halogenated alkanes) is 2. The van der Waals surface area contributed by atoms with Crippen LogP contribution in [0.15, 0.2) is 0 Å². The molecule has 0 aliphatic heterocycles. The molecule has 14 heavy (non-hydrogen) atoms. The molecule has 0 aliphatic rings. The lowest BCUT2D eigenvalue weighted by molar-refractivity contribution is 0.126. The Labute approximate surface area is 84.5 Å². The largest absolute Gasteiger partial charge is 0.465 e. The summed E-state index contributed by atoms with van der Waals surface area (Å²) in [7, 11) is 0. The summed E-state index contributed by atoms with van der Waals surface area (Å²) in [6, 6.07) is 0. The summed E-state index contributed by atoms with van der Waals surface area (Å²) in [5.74, 6) is 0. The highest BCUT2D eigenvalue weighted by Crippen LogP contribution is 1.92. The second-order valence-electron chi connectivity index (χ2n) is 3.20. The van der Waals surface area contributed by atoms with Gasteiger partial charge in [-0.2, -0.15) is 0 Å². The van der Waals surface area contributed by atoms with Gasteiger partial charge in [-0.3, -0.25) is 5.32 Å². The molecule has 5 nitrogen and oxygen atoms in total. The van der Waals surface area contributed by atoms with Crippen LogP contribution in [0.5, 0.6) is 0 Å². The third-order valence-corrected chi connectivity index (χ3v) is 1.85. The summed E-state index contributed by atoms with van der Waals surface area (Å²) in [6.07, 6.45) is 2.07. The molecule has 0 radical (unpaired) electrons. The first-order valence-electron chi connectivity index (χ1n) is 5.05. The van der Waals surface area contributed by atoms with E-state index >= 15 is 0 Å². The highest BCUT2D eigenvalue weighted by atomic mass is 16.4. The molecule has 0 heterocycles. The molecule has 0 aromatic carbocycles. The Morgan fingerprint density at radius 1 is 1.36 bits per heavy atom. The van der Waals surface area contributed by atoms with Crippen LogP contribution < -0.4 is 10.6 Å². The second-order valence-corrected chi connectivity index (χ2v) is 3.20. The fourth-order valence-electron chi connectivity index (χ4n) is 1.06. The van der Waals surface area contributed by atoms with E-state index in [4.69, 9.17) is 5.11 Å².